The summed E-state index contributed by atoms with van der Waals surface area (Å²) in [5, 5.41) is 3.61. The Morgan fingerprint density at radius 3 is 2.62 bits per heavy atom. The van der Waals surface area contributed by atoms with E-state index in [2.05, 4.69) is 51.2 Å². The molecule has 0 fully saturated rings. The van der Waals surface area contributed by atoms with Crippen molar-refractivity contribution in [2.45, 2.75) is 53.0 Å². The number of benzene rings is 1. The highest BCUT2D eigenvalue weighted by Crippen LogP contribution is 2.30. The van der Waals surface area contributed by atoms with Gasteiger partial charge in [0.1, 0.15) is 0 Å². The first-order valence-electron chi connectivity index (χ1n) is 8.05. The standard InChI is InChI=1S/C18H28N2O/c1-5-12-19-16(18(2,3)4)13-20-15-9-7-6-8-14(15)10-11-17(20)21/h6-9,16,19H,5,10-13H2,1-4H3. The van der Waals surface area contributed by atoms with E-state index >= 15 is 0 Å². The molecule has 0 radical (unpaired) electrons. The zero-order valence-corrected chi connectivity index (χ0v) is 13.8. The second-order valence-electron chi connectivity index (χ2n) is 7.01. The summed E-state index contributed by atoms with van der Waals surface area (Å²) < 4.78 is 0. The van der Waals surface area contributed by atoms with Gasteiger partial charge in [-0.2, -0.15) is 0 Å². The van der Waals surface area contributed by atoms with E-state index in [1.807, 2.05) is 11.0 Å². The van der Waals surface area contributed by atoms with E-state index in [4.69, 9.17) is 0 Å². The number of amides is 1. The molecule has 1 aliphatic rings. The summed E-state index contributed by atoms with van der Waals surface area (Å²) in [7, 11) is 0. The van der Waals surface area contributed by atoms with Crippen molar-refractivity contribution >= 4 is 11.6 Å². The van der Waals surface area contributed by atoms with Gasteiger partial charge in [0.05, 0.1) is 0 Å². The average Bonchev–Trinajstić information content (AvgIpc) is 2.44. The minimum Gasteiger partial charge on any atom is -0.312 e. The van der Waals surface area contributed by atoms with Crippen LogP contribution in [-0.2, 0) is 11.2 Å². The maximum Gasteiger partial charge on any atom is 0.227 e. The Bertz CT molecular complexity index is 490. The van der Waals surface area contributed by atoms with Gasteiger partial charge in [0.2, 0.25) is 5.91 Å². The van der Waals surface area contributed by atoms with Gasteiger partial charge in [0, 0.05) is 24.7 Å². The number of nitrogens with zero attached hydrogens (tertiary/aromatic N) is 1. The van der Waals surface area contributed by atoms with Crippen molar-refractivity contribution in [2.24, 2.45) is 5.41 Å². The molecule has 3 heteroatoms. The van der Waals surface area contributed by atoms with Crippen molar-refractivity contribution < 1.29 is 4.79 Å². The lowest BCUT2D eigenvalue weighted by Gasteiger charge is -2.38. The lowest BCUT2D eigenvalue weighted by molar-refractivity contribution is -0.119. The quantitative estimate of drug-likeness (QED) is 0.901. The van der Waals surface area contributed by atoms with E-state index < -0.39 is 0 Å². The Hall–Kier alpha value is -1.35. The van der Waals surface area contributed by atoms with Gasteiger partial charge in [-0.1, -0.05) is 45.9 Å². The number of fused-ring (bicyclic) bond motifs is 1. The van der Waals surface area contributed by atoms with Crippen molar-refractivity contribution in [3.05, 3.63) is 29.8 Å². The molecule has 1 N–H and O–H groups in total. The predicted molar refractivity (Wildman–Crippen MR) is 88.7 cm³/mol. The van der Waals surface area contributed by atoms with Gasteiger partial charge in [-0.05, 0) is 36.4 Å². The highest BCUT2D eigenvalue weighted by Gasteiger charge is 2.31. The Morgan fingerprint density at radius 1 is 1.24 bits per heavy atom. The van der Waals surface area contributed by atoms with Crippen LogP contribution in [0.25, 0.3) is 0 Å². The number of nitrogens with one attached hydrogen (secondary N) is 1. The molecule has 0 saturated carbocycles. The van der Waals surface area contributed by atoms with Crippen molar-refractivity contribution in [2.75, 3.05) is 18.0 Å². The van der Waals surface area contributed by atoms with Gasteiger partial charge in [-0.3, -0.25) is 4.79 Å². The van der Waals surface area contributed by atoms with E-state index in [1.54, 1.807) is 0 Å². The van der Waals surface area contributed by atoms with Crippen LogP contribution in [-0.4, -0.2) is 25.0 Å². The summed E-state index contributed by atoms with van der Waals surface area (Å²) in [6.45, 7) is 10.6. The third kappa shape index (κ3) is 3.85. The van der Waals surface area contributed by atoms with Gasteiger partial charge in [-0.25, -0.2) is 0 Å². The summed E-state index contributed by atoms with van der Waals surface area (Å²) in [6, 6.07) is 8.60. The highest BCUT2D eigenvalue weighted by molar-refractivity contribution is 5.96. The van der Waals surface area contributed by atoms with E-state index in [0.717, 1.165) is 31.6 Å². The summed E-state index contributed by atoms with van der Waals surface area (Å²) in [6.07, 6.45) is 2.60. The van der Waals surface area contributed by atoms with Crippen molar-refractivity contribution in [1.29, 1.82) is 0 Å². The van der Waals surface area contributed by atoms with E-state index in [9.17, 15) is 4.79 Å². The van der Waals surface area contributed by atoms with Crippen LogP contribution in [0.1, 0.15) is 46.1 Å². The molecule has 1 aromatic carbocycles. The van der Waals surface area contributed by atoms with Crippen LogP contribution in [0.15, 0.2) is 24.3 Å². The number of aryl methyl sites for hydroxylation is 1. The fourth-order valence-corrected chi connectivity index (χ4v) is 2.84. The second-order valence-corrected chi connectivity index (χ2v) is 7.01. The first-order chi connectivity index (χ1) is 9.93. The topological polar surface area (TPSA) is 32.3 Å². The van der Waals surface area contributed by atoms with Crippen LogP contribution in [0, 0.1) is 5.41 Å². The molecule has 1 unspecified atom stereocenters. The molecule has 0 bridgehead atoms. The molecule has 2 rings (SSSR count). The zero-order chi connectivity index (χ0) is 15.5. The van der Waals surface area contributed by atoms with E-state index in [0.29, 0.717) is 12.5 Å². The van der Waals surface area contributed by atoms with Crippen LogP contribution in [0.3, 0.4) is 0 Å². The first kappa shape index (κ1) is 16.0. The minimum atomic E-state index is 0.127. The molecule has 0 saturated heterocycles. The van der Waals surface area contributed by atoms with Crippen molar-refractivity contribution in [1.82, 2.24) is 5.32 Å². The molecule has 1 aliphatic heterocycles. The van der Waals surface area contributed by atoms with Gasteiger partial charge >= 0.3 is 0 Å². The van der Waals surface area contributed by atoms with Gasteiger partial charge in [0.25, 0.3) is 0 Å². The predicted octanol–water partition coefficient (Wildman–Crippen LogP) is 3.38. The fourth-order valence-electron chi connectivity index (χ4n) is 2.84. The molecule has 0 aliphatic carbocycles. The minimum absolute atomic E-state index is 0.127. The van der Waals surface area contributed by atoms with Gasteiger partial charge < -0.3 is 10.2 Å². The molecule has 21 heavy (non-hydrogen) atoms. The van der Waals surface area contributed by atoms with Crippen LogP contribution in [0.4, 0.5) is 5.69 Å². The smallest absolute Gasteiger partial charge is 0.227 e. The number of hydrogen-bond acceptors (Lipinski definition) is 2. The number of rotatable bonds is 5. The fraction of sp³-hybridized carbons (Fsp3) is 0.611. The van der Waals surface area contributed by atoms with Crippen molar-refractivity contribution in [3.63, 3.8) is 0 Å². The Balaban J connectivity index is 2.21. The first-order valence-corrected chi connectivity index (χ1v) is 8.05. The molecule has 3 nitrogen and oxygen atoms in total. The molecule has 116 valence electrons. The number of hydrogen-bond donors (Lipinski definition) is 1. The molecule has 1 amide bonds. The lowest BCUT2D eigenvalue weighted by atomic mass is 9.85. The van der Waals surface area contributed by atoms with Crippen LogP contribution in [0.5, 0.6) is 0 Å². The van der Waals surface area contributed by atoms with Crippen LogP contribution >= 0.6 is 0 Å². The monoisotopic (exact) mass is 288 g/mol. The Labute approximate surface area is 128 Å². The Kier molecular flexibility index (Phi) is 5.04. The van der Waals surface area contributed by atoms with E-state index in [-0.39, 0.29) is 11.3 Å². The normalized spacial score (nSPS) is 16.8. The molecule has 1 aromatic rings. The summed E-state index contributed by atoms with van der Waals surface area (Å²) >= 11 is 0. The molecular formula is C18H28N2O. The lowest BCUT2D eigenvalue weighted by Crippen LogP contribution is -2.51. The number of para-hydroxylation sites is 1. The summed E-state index contributed by atoms with van der Waals surface area (Å²) in [5.41, 5.74) is 2.52. The largest absolute Gasteiger partial charge is 0.312 e. The molecule has 1 heterocycles. The molecular weight excluding hydrogens is 260 g/mol. The third-order valence-corrected chi connectivity index (χ3v) is 4.24. The number of anilines is 1. The van der Waals surface area contributed by atoms with Crippen molar-refractivity contribution in [3.8, 4) is 0 Å². The SMILES string of the molecule is CCCNC(CN1C(=O)CCc2ccccc21)C(C)(C)C. The van der Waals surface area contributed by atoms with Gasteiger partial charge in [-0.15, -0.1) is 0 Å². The highest BCUT2D eigenvalue weighted by atomic mass is 16.2. The van der Waals surface area contributed by atoms with Gasteiger partial charge in [0.15, 0.2) is 0 Å². The summed E-state index contributed by atoms with van der Waals surface area (Å²) in [5.74, 6) is 0.251. The molecule has 1 atom stereocenters. The second kappa shape index (κ2) is 6.61. The maximum atomic E-state index is 12.4. The molecule has 0 aromatic heterocycles. The van der Waals surface area contributed by atoms with Crippen LogP contribution in [0.2, 0.25) is 0 Å². The average molecular weight is 288 g/mol. The summed E-state index contributed by atoms with van der Waals surface area (Å²) in [4.78, 5) is 14.4. The number of carbonyl (C=O) groups excluding carboxylic acids is 1. The van der Waals surface area contributed by atoms with E-state index in [1.165, 1.54) is 5.56 Å². The number of carbonyl (C=O) groups is 1. The maximum absolute atomic E-state index is 12.4. The molecule has 0 spiro atoms. The van der Waals surface area contributed by atoms with Crippen LogP contribution < -0.4 is 10.2 Å². The Morgan fingerprint density at radius 2 is 1.95 bits per heavy atom. The third-order valence-electron chi connectivity index (χ3n) is 4.24. The zero-order valence-electron chi connectivity index (χ0n) is 13.8.